The highest BCUT2D eigenvalue weighted by molar-refractivity contribution is 5.76. The smallest absolute Gasteiger partial charge is 0.278 e. The Morgan fingerprint density at radius 3 is 2.94 bits per heavy atom. The monoisotopic (exact) mass is 243 g/mol. The van der Waals surface area contributed by atoms with E-state index in [4.69, 9.17) is 4.52 Å². The molecule has 1 aromatic carbocycles. The highest BCUT2D eigenvalue weighted by Gasteiger charge is 2.09. The molecule has 0 saturated heterocycles. The number of benzene rings is 1. The zero-order valence-electron chi connectivity index (χ0n) is 9.57. The average molecular weight is 243 g/mol. The van der Waals surface area contributed by atoms with Gasteiger partial charge in [0.05, 0.1) is 5.39 Å². The first-order chi connectivity index (χ1) is 8.74. The Morgan fingerprint density at radius 2 is 2.17 bits per heavy atom. The number of aryl methyl sites for hydroxylation is 1. The summed E-state index contributed by atoms with van der Waals surface area (Å²) in [5.41, 5.74) is 0.344. The number of aromatic nitrogens is 5. The van der Waals surface area contributed by atoms with Crippen LogP contribution in [-0.2, 0) is 6.54 Å². The van der Waals surface area contributed by atoms with Crippen molar-refractivity contribution in [3.8, 4) is 0 Å². The number of nitrogens with zero attached hydrogens (tertiary/aromatic N) is 5. The normalized spacial score (nSPS) is 10.9. The van der Waals surface area contributed by atoms with Crippen LogP contribution in [0.4, 0.5) is 0 Å². The standard InChI is InChI=1S/C11H9N5O2/c1-7-12-10(18-14-7)6-16-11(17)8-4-2-3-5-9(8)13-15-16/h2-5H,6H2,1H3. The van der Waals surface area contributed by atoms with Gasteiger partial charge in [-0.25, -0.2) is 4.68 Å². The third-order valence-electron chi connectivity index (χ3n) is 2.48. The molecule has 0 fully saturated rings. The highest BCUT2D eigenvalue weighted by Crippen LogP contribution is 2.04. The summed E-state index contributed by atoms with van der Waals surface area (Å²) in [5.74, 6) is 0.853. The highest BCUT2D eigenvalue weighted by atomic mass is 16.5. The lowest BCUT2D eigenvalue weighted by Crippen LogP contribution is -2.24. The van der Waals surface area contributed by atoms with Gasteiger partial charge in [-0.15, -0.1) is 5.10 Å². The summed E-state index contributed by atoms with van der Waals surface area (Å²) in [7, 11) is 0. The molecule has 0 atom stereocenters. The molecule has 3 aromatic rings. The van der Waals surface area contributed by atoms with E-state index in [0.717, 1.165) is 0 Å². The summed E-state index contributed by atoms with van der Waals surface area (Å²) in [6.07, 6.45) is 0. The fourth-order valence-corrected chi connectivity index (χ4v) is 1.66. The van der Waals surface area contributed by atoms with Crippen LogP contribution >= 0.6 is 0 Å². The second kappa shape index (κ2) is 4.02. The van der Waals surface area contributed by atoms with Crippen molar-refractivity contribution in [2.24, 2.45) is 0 Å². The first-order valence-electron chi connectivity index (χ1n) is 5.36. The lowest BCUT2D eigenvalue weighted by molar-refractivity contribution is 0.358. The van der Waals surface area contributed by atoms with Crippen molar-refractivity contribution in [2.45, 2.75) is 13.5 Å². The lowest BCUT2D eigenvalue weighted by atomic mass is 10.2. The predicted octanol–water partition coefficient (Wildman–Crippen LogP) is 0.531. The minimum Gasteiger partial charge on any atom is -0.337 e. The minimum absolute atomic E-state index is 0.123. The summed E-state index contributed by atoms with van der Waals surface area (Å²) in [6.45, 7) is 1.83. The van der Waals surface area contributed by atoms with E-state index in [1.54, 1.807) is 25.1 Å². The van der Waals surface area contributed by atoms with Crippen LogP contribution in [-0.4, -0.2) is 25.1 Å². The summed E-state index contributed by atoms with van der Waals surface area (Å²) in [6, 6.07) is 7.04. The van der Waals surface area contributed by atoms with Crippen LogP contribution in [0.15, 0.2) is 33.6 Å². The molecule has 3 rings (SSSR count). The van der Waals surface area contributed by atoms with Gasteiger partial charge in [0.1, 0.15) is 12.1 Å². The van der Waals surface area contributed by atoms with E-state index in [1.807, 2.05) is 6.07 Å². The Bertz CT molecular complexity index is 761. The second-order valence-electron chi connectivity index (χ2n) is 3.80. The molecule has 0 aliphatic carbocycles. The maximum Gasteiger partial charge on any atom is 0.278 e. The molecular weight excluding hydrogens is 234 g/mol. The van der Waals surface area contributed by atoms with Crippen LogP contribution in [0.3, 0.4) is 0 Å². The molecule has 7 nitrogen and oxygen atoms in total. The van der Waals surface area contributed by atoms with Gasteiger partial charge in [0.25, 0.3) is 5.56 Å². The number of rotatable bonds is 2. The molecule has 90 valence electrons. The van der Waals surface area contributed by atoms with Crippen molar-refractivity contribution >= 4 is 10.9 Å². The lowest BCUT2D eigenvalue weighted by Gasteiger charge is -2.00. The van der Waals surface area contributed by atoms with Crippen molar-refractivity contribution in [3.63, 3.8) is 0 Å². The van der Waals surface area contributed by atoms with Gasteiger partial charge in [0.2, 0.25) is 5.89 Å². The molecule has 2 aromatic heterocycles. The Hall–Kier alpha value is -2.57. The first-order valence-corrected chi connectivity index (χ1v) is 5.36. The van der Waals surface area contributed by atoms with Crippen LogP contribution in [0, 0.1) is 6.92 Å². The molecule has 0 aliphatic rings. The van der Waals surface area contributed by atoms with Gasteiger partial charge in [-0.3, -0.25) is 4.79 Å². The molecule has 7 heteroatoms. The number of fused-ring (bicyclic) bond motifs is 1. The molecule has 0 radical (unpaired) electrons. The molecule has 0 unspecified atom stereocenters. The van der Waals surface area contributed by atoms with E-state index in [-0.39, 0.29) is 12.1 Å². The average Bonchev–Trinajstić information content (AvgIpc) is 2.79. The van der Waals surface area contributed by atoms with E-state index in [0.29, 0.717) is 22.6 Å². The van der Waals surface area contributed by atoms with Crippen LogP contribution in [0.25, 0.3) is 10.9 Å². The van der Waals surface area contributed by atoms with Crippen molar-refractivity contribution in [3.05, 3.63) is 46.3 Å². The second-order valence-corrected chi connectivity index (χ2v) is 3.80. The molecule has 0 spiro atoms. The van der Waals surface area contributed by atoms with E-state index in [9.17, 15) is 4.79 Å². The fraction of sp³-hybridized carbons (Fsp3) is 0.182. The van der Waals surface area contributed by atoms with Gasteiger partial charge in [0.15, 0.2) is 5.82 Å². The molecule has 18 heavy (non-hydrogen) atoms. The molecule has 0 bridgehead atoms. The molecule has 0 aliphatic heterocycles. The van der Waals surface area contributed by atoms with Gasteiger partial charge in [-0.05, 0) is 19.1 Å². The molecule has 0 amide bonds. The van der Waals surface area contributed by atoms with Crippen LogP contribution in [0.2, 0.25) is 0 Å². The van der Waals surface area contributed by atoms with E-state index in [1.165, 1.54) is 4.68 Å². The van der Waals surface area contributed by atoms with Crippen molar-refractivity contribution in [2.75, 3.05) is 0 Å². The van der Waals surface area contributed by atoms with Gasteiger partial charge in [0, 0.05) is 0 Å². The number of hydrogen-bond donors (Lipinski definition) is 0. The topological polar surface area (TPSA) is 86.7 Å². The van der Waals surface area contributed by atoms with Crippen molar-refractivity contribution in [1.82, 2.24) is 25.1 Å². The van der Waals surface area contributed by atoms with Crippen LogP contribution < -0.4 is 5.56 Å². The zero-order valence-corrected chi connectivity index (χ0v) is 9.57. The van der Waals surface area contributed by atoms with Gasteiger partial charge in [-0.2, -0.15) is 4.98 Å². The SMILES string of the molecule is Cc1noc(Cn2nnc3ccccc3c2=O)n1. The minimum atomic E-state index is -0.226. The van der Waals surface area contributed by atoms with Crippen molar-refractivity contribution < 1.29 is 4.52 Å². The van der Waals surface area contributed by atoms with Gasteiger partial charge >= 0.3 is 0 Å². The maximum atomic E-state index is 12.1. The Labute approximate surface area is 101 Å². The molecule has 0 N–H and O–H groups in total. The van der Waals surface area contributed by atoms with Crippen LogP contribution in [0.5, 0.6) is 0 Å². The molecular formula is C11H9N5O2. The molecule has 0 saturated carbocycles. The van der Waals surface area contributed by atoms with Crippen LogP contribution in [0.1, 0.15) is 11.7 Å². The zero-order chi connectivity index (χ0) is 12.5. The summed E-state index contributed by atoms with van der Waals surface area (Å²) >= 11 is 0. The summed E-state index contributed by atoms with van der Waals surface area (Å²) < 4.78 is 6.15. The van der Waals surface area contributed by atoms with Gasteiger partial charge in [-0.1, -0.05) is 22.5 Å². The van der Waals surface area contributed by atoms with Crippen molar-refractivity contribution in [1.29, 1.82) is 0 Å². The Balaban J connectivity index is 2.08. The largest absolute Gasteiger partial charge is 0.337 e. The Kier molecular flexibility index (Phi) is 2.36. The summed E-state index contributed by atoms with van der Waals surface area (Å²) in [5, 5.41) is 12.0. The van der Waals surface area contributed by atoms with E-state index in [2.05, 4.69) is 20.5 Å². The third-order valence-corrected chi connectivity index (χ3v) is 2.48. The maximum absolute atomic E-state index is 12.1. The molecule has 2 heterocycles. The fourth-order valence-electron chi connectivity index (χ4n) is 1.66. The third kappa shape index (κ3) is 1.75. The van der Waals surface area contributed by atoms with E-state index < -0.39 is 0 Å². The Morgan fingerprint density at radius 1 is 1.33 bits per heavy atom. The first kappa shape index (κ1) is 10.6. The quantitative estimate of drug-likeness (QED) is 0.652. The number of hydrogen-bond acceptors (Lipinski definition) is 6. The summed E-state index contributed by atoms with van der Waals surface area (Å²) in [4.78, 5) is 16.1. The van der Waals surface area contributed by atoms with Gasteiger partial charge < -0.3 is 4.52 Å². The predicted molar refractivity (Wildman–Crippen MR) is 61.9 cm³/mol. The van der Waals surface area contributed by atoms with E-state index >= 15 is 0 Å².